The molecule has 0 N–H and O–H groups in total. The molecule has 0 aliphatic heterocycles. The van der Waals surface area contributed by atoms with Crippen molar-refractivity contribution in [1.82, 2.24) is 0 Å². The highest BCUT2D eigenvalue weighted by atomic mass is 19.1. The summed E-state index contributed by atoms with van der Waals surface area (Å²) in [6, 6.07) is 6.24. The molecular weight excluding hydrogens is 193 g/mol. The third-order valence-electron chi connectivity index (χ3n) is 1.91. The van der Waals surface area contributed by atoms with Crippen LogP contribution in [0.1, 0.15) is 17.5 Å². The van der Waals surface area contributed by atoms with Crippen LogP contribution in [0.4, 0.5) is 4.39 Å². The summed E-state index contributed by atoms with van der Waals surface area (Å²) in [6.07, 6.45) is 2.49. The minimum absolute atomic E-state index is 0.228. The van der Waals surface area contributed by atoms with E-state index in [0.717, 1.165) is 6.42 Å². The third-order valence-corrected chi connectivity index (χ3v) is 1.91. The number of benzene rings is 1. The van der Waals surface area contributed by atoms with E-state index in [-0.39, 0.29) is 6.61 Å². The van der Waals surface area contributed by atoms with Crippen LogP contribution in [0.5, 0.6) is 0 Å². The fourth-order valence-corrected chi connectivity index (χ4v) is 1.08. The number of nitriles is 1. The first kappa shape index (κ1) is 11.4. The minimum Gasteiger partial charge on any atom is -0.376 e. The van der Waals surface area contributed by atoms with E-state index >= 15 is 0 Å². The van der Waals surface area contributed by atoms with Gasteiger partial charge in [0.05, 0.1) is 24.8 Å². The zero-order valence-corrected chi connectivity index (χ0v) is 8.37. The van der Waals surface area contributed by atoms with Gasteiger partial charge in [-0.3, -0.25) is 0 Å². The van der Waals surface area contributed by atoms with Crippen molar-refractivity contribution in [3.63, 3.8) is 0 Å². The van der Waals surface area contributed by atoms with E-state index in [1.54, 1.807) is 18.2 Å². The summed E-state index contributed by atoms with van der Waals surface area (Å²) in [7, 11) is 0. The highest BCUT2D eigenvalue weighted by Gasteiger charge is 2.02. The summed E-state index contributed by atoms with van der Waals surface area (Å²) >= 11 is 0. The van der Waals surface area contributed by atoms with E-state index < -0.39 is 5.82 Å². The molecule has 0 amide bonds. The second-order valence-corrected chi connectivity index (χ2v) is 3.05. The number of hydrogen-bond acceptors (Lipinski definition) is 2. The molecule has 2 nitrogen and oxygen atoms in total. The van der Waals surface area contributed by atoms with Crippen LogP contribution in [-0.2, 0) is 11.3 Å². The molecule has 0 bridgehead atoms. The van der Waals surface area contributed by atoms with Gasteiger partial charge >= 0.3 is 0 Å². The zero-order chi connectivity index (χ0) is 11.1. The van der Waals surface area contributed by atoms with Crippen molar-refractivity contribution in [2.75, 3.05) is 6.61 Å². The summed E-state index contributed by atoms with van der Waals surface area (Å²) in [5, 5.41) is 8.54. The molecule has 0 saturated heterocycles. The zero-order valence-electron chi connectivity index (χ0n) is 8.37. The molecule has 0 radical (unpaired) electrons. The Morgan fingerprint density at radius 1 is 1.53 bits per heavy atom. The fraction of sp³-hybridized carbons (Fsp3) is 0.250. The maximum Gasteiger partial charge on any atom is 0.130 e. The predicted molar refractivity (Wildman–Crippen MR) is 55.6 cm³/mol. The van der Waals surface area contributed by atoms with Crippen molar-refractivity contribution < 1.29 is 9.13 Å². The molecular formula is C12H12FNO. The minimum atomic E-state index is -0.396. The largest absolute Gasteiger partial charge is 0.376 e. The van der Waals surface area contributed by atoms with Gasteiger partial charge in [0.25, 0.3) is 0 Å². The molecule has 0 aliphatic carbocycles. The van der Waals surface area contributed by atoms with E-state index in [1.165, 1.54) is 6.07 Å². The van der Waals surface area contributed by atoms with E-state index in [4.69, 9.17) is 10.00 Å². The lowest BCUT2D eigenvalue weighted by Gasteiger charge is -2.04. The molecule has 15 heavy (non-hydrogen) atoms. The summed E-state index contributed by atoms with van der Waals surface area (Å²) in [5.41, 5.74) is 0.792. The predicted octanol–water partition coefficient (Wildman–Crippen LogP) is 2.79. The second-order valence-electron chi connectivity index (χ2n) is 3.05. The Kier molecular flexibility index (Phi) is 4.52. The number of halogens is 1. The quantitative estimate of drug-likeness (QED) is 0.547. The van der Waals surface area contributed by atoms with Gasteiger partial charge in [-0.05, 0) is 18.6 Å². The number of ether oxygens (including phenoxy) is 1. The first-order valence-electron chi connectivity index (χ1n) is 4.65. The van der Waals surface area contributed by atoms with Crippen LogP contribution >= 0.6 is 0 Å². The molecule has 0 atom stereocenters. The molecule has 1 aromatic rings. The van der Waals surface area contributed by atoms with Gasteiger partial charge in [-0.25, -0.2) is 4.39 Å². The van der Waals surface area contributed by atoms with E-state index in [0.29, 0.717) is 17.7 Å². The smallest absolute Gasteiger partial charge is 0.130 e. The van der Waals surface area contributed by atoms with Crippen molar-refractivity contribution >= 4 is 0 Å². The van der Waals surface area contributed by atoms with Crippen LogP contribution in [-0.4, -0.2) is 6.61 Å². The maximum atomic E-state index is 13.3. The summed E-state index contributed by atoms with van der Waals surface area (Å²) < 4.78 is 18.5. The molecule has 0 unspecified atom stereocenters. The first-order chi connectivity index (χ1) is 7.27. The standard InChI is InChI=1S/C12H12FNO/c1-2-3-6-15-9-11-5-4-10(8-14)7-12(11)13/h2,4-5,7H,1,3,6,9H2. The van der Waals surface area contributed by atoms with Gasteiger partial charge in [0.15, 0.2) is 0 Å². The van der Waals surface area contributed by atoms with Gasteiger partial charge in [-0.1, -0.05) is 12.1 Å². The lowest BCUT2D eigenvalue weighted by molar-refractivity contribution is 0.123. The van der Waals surface area contributed by atoms with Gasteiger partial charge < -0.3 is 4.74 Å². The molecule has 0 fully saturated rings. The molecule has 0 saturated carbocycles. The summed E-state index contributed by atoms with van der Waals surface area (Å²) in [5.74, 6) is -0.396. The van der Waals surface area contributed by atoms with Crippen molar-refractivity contribution in [3.8, 4) is 6.07 Å². The van der Waals surface area contributed by atoms with E-state index in [9.17, 15) is 4.39 Å². The maximum absolute atomic E-state index is 13.3. The normalized spacial score (nSPS) is 9.60. The SMILES string of the molecule is C=CCCOCc1ccc(C#N)cc1F. The van der Waals surface area contributed by atoms with Crippen LogP contribution in [0.2, 0.25) is 0 Å². The number of rotatable bonds is 5. The number of hydrogen-bond donors (Lipinski definition) is 0. The van der Waals surface area contributed by atoms with Gasteiger partial charge in [0.1, 0.15) is 5.82 Å². The van der Waals surface area contributed by atoms with Gasteiger partial charge in [0.2, 0.25) is 0 Å². The monoisotopic (exact) mass is 205 g/mol. The fourth-order valence-electron chi connectivity index (χ4n) is 1.08. The molecule has 1 rings (SSSR count). The van der Waals surface area contributed by atoms with E-state index in [2.05, 4.69) is 6.58 Å². The van der Waals surface area contributed by atoms with Gasteiger partial charge in [0, 0.05) is 5.56 Å². The molecule has 0 aliphatic rings. The molecule has 0 spiro atoms. The van der Waals surface area contributed by atoms with Crippen molar-refractivity contribution in [1.29, 1.82) is 5.26 Å². The van der Waals surface area contributed by atoms with Crippen LogP contribution in [0.3, 0.4) is 0 Å². The van der Waals surface area contributed by atoms with Crippen molar-refractivity contribution in [3.05, 3.63) is 47.8 Å². The van der Waals surface area contributed by atoms with Crippen molar-refractivity contribution in [2.45, 2.75) is 13.0 Å². The molecule has 3 heteroatoms. The van der Waals surface area contributed by atoms with Crippen LogP contribution in [0.25, 0.3) is 0 Å². The Hall–Kier alpha value is -1.66. The van der Waals surface area contributed by atoms with Crippen LogP contribution in [0, 0.1) is 17.1 Å². The molecule has 1 aromatic carbocycles. The Balaban J connectivity index is 2.55. The Morgan fingerprint density at radius 2 is 2.33 bits per heavy atom. The average Bonchev–Trinajstić information content (AvgIpc) is 2.26. The van der Waals surface area contributed by atoms with E-state index in [1.807, 2.05) is 6.07 Å². The Bertz CT molecular complexity index is 382. The average molecular weight is 205 g/mol. The Labute approximate surface area is 88.6 Å². The number of nitrogens with zero attached hydrogens (tertiary/aromatic N) is 1. The van der Waals surface area contributed by atoms with Crippen LogP contribution < -0.4 is 0 Å². The third kappa shape index (κ3) is 3.53. The molecule has 78 valence electrons. The molecule has 0 heterocycles. The van der Waals surface area contributed by atoms with Gasteiger partial charge in [-0.15, -0.1) is 6.58 Å². The lowest BCUT2D eigenvalue weighted by Crippen LogP contribution is -1.97. The first-order valence-corrected chi connectivity index (χ1v) is 4.65. The van der Waals surface area contributed by atoms with Crippen LogP contribution in [0.15, 0.2) is 30.9 Å². The summed E-state index contributed by atoms with van der Waals surface area (Å²) in [6.45, 7) is 4.31. The highest BCUT2D eigenvalue weighted by molar-refractivity contribution is 5.32. The molecule has 0 aromatic heterocycles. The second kappa shape index (κ2) is 5.94. The topological polar surface area (TPSA) is 33.0 Å². The van der Waals surface area contributed by atoms with Crippen molar-refractivity contribution in [2.24, 2.45) is 0 Å². The Morgan fingerprint density at radius 3 is 2.93 bits per heavy atom. The lowest BCUT2D eigenvalue weighted by atomic mass is 10.1. The van der Waals surface area contributed by atoms with Gasteiger partial charge in [-0.2, -0.15) is 5.26 Å². The highest BCUT2D eigenvalue weighted by Crippen LogP contribution is 2.11. The summed E-state index contributed by atoms with van der Waals surface area (Å²) in [4.78, 5) is 0.